The van der Waals surface area contributed by atoms with Crippen molar-refractivity contribution in [2.45, 2.75) is 33.6 Å². The quantitative estimate of drug-likeness (QED) is 0.632. The Hall–Kier alpha value is -0.790. The molecule has 0 radical (unpaired) electrons. The SMILES string of the molecule is CCOC1=CC(=O)C(C)(C)CC1. The van der Waals surface area contributed by atoms with Gasteiger partial charge in [-0.05, 0) is 13.3 Å². The molecule has 1 aliphatic rings. The van der Waals surface area contributed by atoms with Gasteiger partial charge in [0.2, 0.25) is 0 Å². The summed E-state index contributed by atoms with van der Waals surface area (Å²) in [5, 5.41) is 0. The molecule has 0 amide bonds. The van der Waals surface area contributed by atoms with Gasteiger partial charge in [-0.3, -0.25) is 4.79 Å². The Balaban J connectivity index is 2.69. The molecule has 0 spiro atoms. The molecular weight excluding hydrogens is 152 g/mol. The summed E-state index contributed by atoms with van der Waals surface area (Å²) in [4.78, 5) is 11.4. The van der Waals surface area contributed by atoms with Crippen molar-refractivity contribution in [3.8, 4) is 0 Å². The first-order valence-corrected chi connectivity index (χ1v) is 4.44. The van der Waals surface area contributed by atoms with Gasteiger partial charge in [-0.15, -0.1) is 0 Å². The zero-order chi connectivity index (χ0) is 9.19. The summed E-state index contributed by atoms with van der Waals surface area (Å²) in [6, 6.07) is 0. The summed E-state index contributed by atoms with van der Waals surface area (Å²) in [6.07, 6.45) is 3.44. The molecule has 0 saturated carbocycles. The highest BCUT2D eigenvalue weighted by Gasteiger charge is 2.30. The lowest BCUT2D eigenvalue weighted by Gasteiger charge is -2.26. The lowest BCUT2D eigenvalue weighted by Crippen LogP contribution is -2.26. The van der Waals surface area contributed by atoms with Crippen molar-refractivity contribution in [1.29, 1.82) is 0 Å². The Kier molecular flexibility index (Phi) is 2.55. The molecule has 2 heteroatoms. The van der Waals surface area contributed by atoms with Crippen molar-refractivity contribution in [3.63, 3.8) is 0 Å². The van der Waals surface area contributed by atoms with Crippen LogP contribution >= 0.6 is 0 Å². The van der Waals surface area contributed by atoms with Crippen LogP contribution in [0.4, 0.5) is 0 Å². The van der Waals surface area contributed by atoms with Gasteiger partial charge in [-0.2, -0.15) is 0 Å². The summed E-state index contributed by atoms with van der Waals surface area (Å²) in [7, 11) is 0. The topological polar surface area (TPSA) is 26.3 Å². The van der Waals surface area contributed by atoms with Crippen LogP contribution in [0.25, 0.3) is 0 Å². The highest BCUT2D eigenvalue weighted by Crippen LogP contribution is 2.31. The number of ketones is 1. The molecule has 0 bridgehead atoms. The summed E-state index contributed by atoms with van der Waals surface area (Å²) in [6.45, 7) is 6.55. The third-order valence-corrected chi connectivity index (χ3v) is 2.29. The highest BCUT2D eigenvalue weighted by molar-refractivity contribution is 5.95. The third kappa shape index (κ3) is 1.87. The zero-order valence-electron chi connectivity index (χ0n) is 8.02. The first-order chi connectivity index (χ1) is 5.56. The molecule has 0 aromatic rings. The van der Waals surface area contributed by atoms with Crippen LogP contribution in [0.1, 0.15) is 33.6 Å². The van der Waals surface area contributed by atoms with E-state index in [2.05, 4.69) is 0 Å². The van der Waals surface area contributed by atoms with Gasteiger partial charge < -0.3 is 4.74 Å². The standard InChI is InChI=1S/C10H16O2/c1-4-12-8-5-6-10(2,3)9(11)7-8/h7H,4-6H2,1-3H3. The Morgan fingerprint density at radius 2 is 2.25 bits per heavy atom. The van der Waals surface area contributed by atoms with Crippen LogP contribution in [0.15, 0.2) is 11.8 Å². The van der Waals surface area contributed by atoms with Gasteiger partial charge in [0.15, 0.2) is 5.78 Å². The van der Waals surface area contributed by atoms with Crippen molar-refractivity contribution in [2.75, 3.05) is 6.61 Å². The number of carbonyl (C=O) groups is 1. The summed E-state index contributed by atoms with van der Waals surface area (Å²) >= 11 is 0. The predicted molar refractivity (Wildman–Crippen MR) is 47.7 cm³/mol. The van der Waals surface area contributed by atoms with Gasteiger partial charge in [0.05, 0.1) is 12.4 Å². The van der Waals surface area contributed by atoms with Crippen LogP contribution < -0.4 is 0 Å². The van der Waals surface area contributed by atoms with Crippen LogP contribution in [-0.4, -0.2) is 12.4 Å². The van der Waals surface area contributed by atoms with Crippen molar-refractivity contribution in [3.05, 3.63) is 11.8 Å². The van der Waals surface area contributed by atoms with Gasteiger partial charge in [0, 0.05) is 17.9 Å². The number of hydrogen-bond acceptors (Lipinski definition) is 2. The van der Waals surface area contributed by atoms with E-state index in [1.54, 1.807) is 6.08 Å². The molecule has 0 aliphatic heterocycles. The Labute approximate surface area is 73.6 Å². The molecule has 68 valence electrons. The minimum Gasteiger partial charge on any atom is -0.498 e. The van der Waals surface area contributed by atoms with Crippen LogP contribution in [0.2, 0.25) is 0 Å². The minimum absolute atomic E-state index is 0.180. The molecule has 2 nitrogen and oxygen atoms in total. The van der Waals surface area contributed by atoms with E-state index in [0.717, 1.165) is 18.6 Å². The first kappa shape index (κ1) is 9.30. The van der Waals surface area contributed by atoms with Gasteiger partial charge in [-0.25, -0.2) is 0 Å². The number of carbonyl (C=O) groups excluding carboxylic acids is 1. The second-order valence-electron chi connectivity index (χ2n) is 3.79. The second kappa shape index (κ2) is 3.30. The average Bonchev–Trinajstić information content (AvgIpc) is 1.98. The van der Waals surface area contributed by atoms with E-state index in [4.69, 9.17) is 4.74 Å². The van der Waals surface area contributed by atoms with Gasteiger partial charge in [-0.1, -0.05) is 13.8 Å². The fraction of sp³-hybridized carbons (Fsp3) is 0.700. The summed E-state index contributed by atoms with van der Waals surface area (Å²) < 4.78 is 5.29. The Morgan fingerprint density at radius 1 is 1.58 bits per heavy atom. The molecular formula is C10H16O2. The first-order valence-electron chi connectivity index (χ1n) is 4.44. The molecule has 1 aliphatic carbocycles. The molecule has 0 fully saturated rings. The van der Waals surface area contributed by atoms with E-state index in [-0.39, 0.29) is 11.2 Å². The molecule has 0 aromatic heterocycles. The number of allylic oxidation sites excluding steroid dienone is 2. The van der Waals surface area contributed by atoms with Crippen molar-refractivity contribution in [2.24, 2.45) is 5.41 Å². The minimum atomic E-state index is -0.180. The highest BCUT2D eigenvalue weighted by atomic mass is 16.5. The lowest BCUT2D eigenvalue weighted by molar-refractivity contribution is -0.123. The Morgan fingerprint density at radius 3 is 2.75 bits per heavy atom. The van der Waals surface area contributed by atoms with Crippen molar-refractivity contribution < 1.29 is 9.53 Å². The summed E-state index contributed by atoms with van der Waals surface area (Å²) in [5.41, 5.74) is -0.180. The number of hydrogen-bond donors (Lipinski definition) is 0. The van der Waals surface area contributed by atoms with Crippen LogP contribution in [0.5, 0.6) is 0 Å². The van der Waals surface area contributed by atoms with E-state index < -0.39 is 0 Å². The van der Waals surface area contributed by atoms with E-state index in [1.807, 2.05) is 20.8 Å². The van der Waals surface area contributed by atoms with Crippen molar-refractivity contribution in [1.82, 2.24) is 0 Å². The lowest BCUT2D eigenvalue weighted by atomic mass is 9.79. The molecule has 0 N–H and O–H groups in total. The average molecular weight is 168 g/mol. The van der Waals surface area contributed by atoms with E-state index in [1.165, 1.54) is 0 Å². The van der Waals surface area contributed by atoms with Gasteiger partial charge in [0.25, 0.3) is 0 Å². The zero-order valence-corrected chi connectivity index (χ0v) is 8.02. The molecule has 12 heavy (non-hydrogen) atoms. The summed E-state index contributed by atoms with van der Waals surface area (Å²) in [5.74, 6) is 1.04. The largest absolute Gasteiger partial charge is 0.498 e. The van der Waals surface area contributed by atoms with E-state index in [9.17, 15) is 4.79 Å². The van der Waals surface area contributed by atoms with Crippen LogP contribution in [0, 0.1) is 5.41 Å². The molecule has 0 saturated heterocycles. The molecule has 0 aromatic carbocycles. The maximum Gasteiger partial charge on any atom is 0.164 e. The molecule has 0 unspecified atom stereocenters. The Bertz CT molecular complexity index is 214. The van der Waals surface area contributed by atoms with E-state index >= 15 is 0 Å². The van der Waals surface area contributed by atoms with E-state index in [0.29, 0.717) is 6.61 Å². The fourth-order valence-corrected chi connectivity index (χ4v) is 1.27. The normalized spacial score (nSPS) is 21.9. The van der Waals surface area contributed by atoms with Crippen LogP contribution in [0.3, 0.4) is 0 Å². The fourth-order valence-electron chi connectivity index (χ4n) is 1.27. The predicted octanol–water partition coefficient (Wildman–Crippen LogP) is 2.30. The number of rotatable bonds is 2. The molecule has 0 atom stereocenters. The monoisotopic (exact) mass is 168 g/mol. The molecule has 1 rings (SSSR count). The van der Waals surface area contributed by atoms with Gasteiger partial charge >= 0.3 is 0 Å². The maximum absolute atomic E-state index is 11.4. The smallest absolute Gasteiger partial charge is 0.164 e. The molecule has 0 heterocycles. The maximum atomic E-state index is 11.4. The second-order valence-corrected chi connectivity index (χ2v) is 3.79. The van der Waals surface area contributed by atoms with Gasteiger partial charge in [0.1, 0.15) is 0 Å². The number of ether oxygens (including phenoxy) is 1. The van der Waals surface area contributed by atoms with Crippen LogP contribution in [-0.2, 0) is 9.53 Å². The third-order valence-electron chi connectivity index (χ3n) is 2.29. The van der Waals surface area contributed by atoms with Crippen molar-refractivity contribution >= 4 is 5.78 Å².